The molecule has 0 aromatic heterocycles. The first kappa shape index (κ1) is 12.5. The highest BCUT2D eigenvalue weighted by Crippen LogP contribution is 2.20. The van der Waals surface area contributed by atoms with E-state index in [2.05, 4.69) is 27.3 Å². The van der Waals surface area contributed by atoms with Crippen LogP contribution in [0.1, 0.15) is 11.1 Å². The molecule has 3 N–H and O–H groups in total. The van der Waals surface area contributed by atoms with Gasteiger partial charge in [0.25, 0.3) is 0 Å². The molecule has 0 unspecified atom stereocenters. The zero-order valence-corrected chi connectivity index (χ0v) is 11.2. The highest BCUT2D eigenvalue weighted by atomic mass is 79.9. The van der Waals surface area contributed by atoms with Crippen molar-refractivity contribution in [2.45, 2.75) is 6.54 Å². The average Bonchev–Trinajstić information content (AvgIpc) is 2.39. The Balaban J connectivity index is 2.06. The van der Waals surface area contributed by atoms with Gasteiger partial charge >= 0.3 is 0 Å². The van der Waals surface area contributed by atoms with E-state index in [0.29, 0.717) is 17.8 Å². The molecule has 0 spiro atoms. The van der Waals surface area contributed by atoms with Gasteiger partial charge in [-0.15, -0.1) is 0 Å². The maximum Gasteiger partial charge on any atom is 0.0992 e. The van der Waals surface area contributed by atoms with Crippen LogP contribution in [0.25, 0.3) is 0 Å². The van der Waals surface area contributed by atoms with Gasteiger partial charge < -0.3 is 11.1 Å². The van der Waals surface area contributed by atoms with Crippen LogP contribution >= 0.6 is 15.9 Å². The number of halogens is 1. The van der Waals surface area contributed by atoms with E-state index in [1.807, 2.05) is 30.3 Å². The lowest BCUT2D eigenvalue weighted by Gasteiger charge is -2.09. The first-order valence-corrected chi connectivity index (χ1v) is 6.26. The number of nitriles is 1. The molecule has 18 heavy (non-hydrogen) atoms. The molecule has 0 heterocycles. The van der Waals surface area contributed by atoms with Crippen molar-refractivity contribution in [1.82, 2.24) is 0 Å². The summed E-state index contributed by atoms with van der Waals surface area (Å²) in [4.78, 5) is 0. The number of nitrogens with zero attached hydrogens (tertiary/aromatic N) is 1. The fraction of sp³-hybridized carbons (Fsp3) is 0.0714. The molecular weight excluding hydrogens is 290 g/mol. The van der Waals surface area contributed by atoms with Crippen molar-refractivity contribution in [3.05, 3.63) is 58.1 Å². The topological polar surface area (TPSA) is 61.8 Å². The summed E-state index contributed by atoms with van der Waals surface area (Å²) >= 11 is 3.40. The molecular formula is C14H12BrN3. The first-order valence-electron chi connectivity index (χ1n) is 5.47. The van der Waals surface area contributed by atoms with Gasteiger partial charge in [0.1, 0.15) is 0 Å². The Labute approximate surface area is 114 Å². The van der Waals surface area contributed by atoms with Gasteiger partial charge in [-0.25, -0.2) is 0 Å². The number of nitrogens with one attached hydrogen (secondary N) is 1. The van der Waals surface area contributed by atoms with E-state index < -0.39 is 0 Å². The molecule has 2 aromatic carbocycles. The van der Waals surface area contributed by atoms with Crippen LogP contribution in [-0.4, -0.2) is 0 Å². The largest absolute Gasteiger partial charge is 0.397 e. The van der Waals surface area contributed by atoms with Crippen molar-refractivity contribution in [2.75, 3.05) is 11.1 Å². The Morgan fingerprint density at radius 2 is 1.89 bits per heavy atom. The normalized spacial score (nSPS) is 9.78. The lowest BCUT2D eigenvalue weighted by atomic mass is 10.1. The summed E-state index contributed by atoms with van der Waals surface area (Å²) in [5, 5.41) is 12.0. The van der Waals surface area contributed by atoms with Gasteiger partial charge in [0, 0.05) is 11.0 Å². The van der Waals surface area contributed by atoms with Gasteiger partial charge in [0.2, 0.25) is 0 Å². The van der Waals surface area contributed by atoms with Gasteiger partial charge in [-0.05, 0) is 35.9 Å². The number of rotatable bonds is 3. The van der Waals surface area contributed by atoms with E-state index in [4.69, 9.17) is 11.0 Å². The molecule has 0 radical (unpaired) electrons. The van der Waals surface area contributed by atoms with Crippen LogP contribution < -0.4 is 11.1 Å². The van der Waals surface area contributed by atoms with Crippen molar-refractivity contribution in [2.24, 2.45) is 0 Å². The van der Waals surface area contributed by atoms with Crippen LogP contribution in [0.4, 0.5) is 11.4 Å². The van der Waals surface area contributed by atoms with Crippen LogP contribution in [0.5, 0.6) is 0 Å². The van der Waals surface area contributed by atoms with Crippen molar-refractivity contribution in [3.63, 3.8) is 0 Å². The Morgan fingerprint density at radius 1 is 1.17 bits per heavy atom. The highest BCUT2D eigenvalue weighted by Gasteiger charge is 2.00. The standard InChI is InChI=1S/C14H12BrN3/c15-12-4-1-10(2-5-12)9-18-14-6-3-11(8-16)7-13(14)17/h1-7,18H,9,17H2. The molecule has 0 aliphatic heterocycles. The van der Waals surface area contributed by atoms with E-state index >= 15 is 0 Å². The van der Waals surface area contributed by atoms with Gasteiger partial charge in [-0.1, -0.05) is 28.1 Å². The van der Waals surface area contributed by atoms with E-state index in [9.17, 15) is 0 Å². The van der Waals surface area contributed by atoms with Crippen LogP contribution in [0.2, 0.25) is 0 Å². The molecule has 3 nitrogen and oxygen atoms in total. The summed E-state index contributed by atoms with van der Waals surface area (Å²) in [6, 6.07) is 15.4. The molecule has 2 rings (SSSR count). The zero-order chi connectivity index (χ0) is 13.0. The molecule has 0 aliphatic rings. The summed E-state index contributed by atoms with van der Waals surface area (Å²) in [6.07, 6.45) is 0. The molecule has 0 fully saturated rings. The van der Waals surface area contributed by atoms with Crippen molar-refractivity contribution < 1.29 is 0 Å². The Bertz CT molecular complexity index is 585. The molecule has 2 aromatic rings. The second-order valence-electron chi connectivity index (χ2n) is 3.89. The van der Waals surface area contributed by atoms with Crippen molar-refractivity contribution in [3.8, 4) is 6.07 Å². The highest BCUT2D eigenvalue weighted by molar-refractivity contribution is 9.10. The summed E-state index contributed by atoms with van der Waals surface area (Å²) in [7, 11) is 0. The van der Waals surface area contributed by atoms with Gasteiger partial charge in [-0.3, -0.25) is 0 Å². The number of hydrogen-bond acceptors (Lipinski definition) is 3. The number of anilines is 2. The van der Waals surface area contributed by atoms with E-state index in [-0.39, 0.29) is 0 Å². The summed E-state index contributed by atoms with van der Waals surface area (Å²) < 4.78 is 1.06. The Hall–Kier alpha value is -1.99. The fourth-order valence-electron chi connectivity index (χ4n) is 1.59. The monoisotopic (exact) mass is 301 g/mol. The summed E-state index contributed by atoms with van der Waals surface area (Å²) in [5.74, 6) is 0. The number of nitrogens with two attached hydrogens (primary N) is 1. The number of hydrogen-bond donors (Lipinski definition) is 2. The maximum absolute atomic E-state index is 8.76. The predicted octanol–water partition coefficient (Wildman–Crippen LogP) is 3.52. The maximum atomic E-state index is 8.76. The smallest absolute Gasteiger partial charge is 0.0992 e. The number of nitrogen functional groups attached to an aromatic ring is 1. The predicted molar refractivity (Wildman–Crippen MR) is 77.0 cm³/mol. The second kappa shape index (κ2) is 5.56. The summed E-state index contributed by atoms with van der Waals surface area (Å²) in [5.41, 5.74) is 9.04. The Kier molecular flexibility index (Phi) is 3.85. The minimum atomic E-state index is 0.571. The Morgan fingerprint density at radius 3 is 2.50 bits per heavy atom. The molecule has 0 aliphatic carbocycles. The van der Waals surface area contributed by atoms with Crippen LogP contribution in [0.15, 0.2) is 46.9 Å². The number of benzene rings is 2. The minimum Gasteiger partial charge on any atom is -0.397 e. The minimum absolute atomic E-state index is 0.571. The zero-order valence-electron chi connectivity index (χ0n) is 9.65. The molecule has 90 valence electrons. The fourth-order valence-corrected chi connectivity index (χ4v) is 1.86. The quantitative estimate of drug-likeness (QED) is 0.853. The van der Waals surface area contributed by atoms with Crippen LogP contribution in [0.3, 0.4) is 0 Å². The third kappa shape index (κ3) is 3.02. The van der Waals surface area contributed by atoms with E-state index in [0.717, 1.165) is 10.2 Å². The lowest BCUT2D eigenvalue weighted by molar-refractivity contribution is 1.15. The van der Waals surface area contributed by atoms with Crippen molar-refractivity contribution >= 4 is 27.3 Å². The third-order valence-electron chi connectivity index (χ3n) is 2.58. The first-order chi connectivity index (χ1) is 8.69. The van der Waals surface area contributed by atoms with Gasteiger partial charge in [0.15, 0.2) is 0 Å². The SMILES string of the molecule is N#Cc1ccc(NCc2ccc(Br)cc2)c(N)c1. The second-order valence-corrected chi connectivity index (χ2v) is 4.81. The molecule has 0 saturated heterocycles. The molecule has 4 heteroatoms. The third-order valence-corrected chi connectivity index (χ3v) is 3.11. The molecule has 0 bridgehead atoms. The van der Waals surface area contributed by atoms with Crippen molar-refractivity contribution in [1.29, 1.82) is 5.26 Å². The van der Waals surface area contributed by atoms with Crippen LogP contribution in [0, 0.1) is 11.3 Å². The summed E-state index contributed by atoms with van der Waals surface area (Å²) in [6.45, 7) is 0.698. The molecule has 0 amide bonds. The van der Waals surface area contributed by atoms with Gasteiger partial charge in [0.05, 0.1) is 23.0 Å². The molecule has 0 saturated carbocycles. The lowest BCUT2D eigenvalue weighted by Crippen LogP contribution is -2.02. The molecule has 0 atom stereocenters. The van der Waals surface area contributed by atoms with Crippen LogP contribution in [-0.2, 0) is 6.54 Å². The van der Waals surface area contributed by atoms with E-state index in [1.165, 1.54) is 5.56 Å². The average molecular weight is 302 g/mol. The van der Waals surface area contributed by atoms with E-state index in [1.54, 1.807) is 12.1 Å². The van der Waals surface area contributed by atoms with Gasteiger partial charge in [-0.2, -0.15) is 5.26 Å².